The molecule has 0 bridgehead atoms. The third kappa shape index (κ3) is 4.48. The molecule has 1 atom stereocenters. The van der Waals surface area contributed by atoms with E-state index >= 15 is 0 Å². The highest BCUT2D eigenvalue weighted by Gasteiger charge is 2.37. The number of esters is 1. The Kier molecular flexibility index (Phi) is 6.26. The van der Waals surface area contributed by atoms with E-state index in [-0.39, 0.29) is 24.0 Å². The highest BCUT2D eigenvalue weighted by molar-refractivity contribution is 6.32. The van der Waals surface area contributed by atoms with E-state index in [2.05, 4.69) is 10.3 Å². The van der Waals surface area contributed by atoms with Gasteiger partial charge >= 0.3 is 5.97 Å². The van der Waals surface area contributed by atoms with Crippen molar-refractivity contribution >= 4 is 40.8 Å². The molecule has 0 saturated carbocycles. The first-order valence-corrected chi connectivity index (χ1v) is 9.32. The van der Waals surface area contributed by atoms with Crippen molar-refractivity contribution in [2.75, 3.05) is 23.4 Å². The number of pyridine rings is 1. The molecule has 1 aromatic carbocycles. The molecule has 1 aliphatic heterocycles. The number of aryl methyl sites for hydroxylation is 1. The molecular weight excluding hydrogens is 382 g/mol. The number of hydrogen-bond acceptors (Lipinski definition) is 5. The van der Waals surface area contributed by atoms with Gasteiger partial charge < -0.3 is 15.0 Å². The molecule has 1 aromatic heterocycles. The van der Waals surface area contributed by atoms with Crippen molar-refractivity contribution in [1.82, 2.24) is 4.98 Å². The Balaban J connectivity index is 1.56. The standard InChI is InChI=1S/C20H20ClN3O4/c1-2-13-6-3-4-8-16(13)24-11-14(10-18(24)26)20(27)28-12-17(25)23-15-7-5-9-22-19(15)21/h3-9,14H,2,10-12H2,1H3,(H,23,25)/t14-/m0/s1. The Hall–Kier alpha value is -2.93. The molecule has 2 amide bonds. The second kappa shape index (κ2) is 8.84. The molecule has 7 nitrogen and oxygen atoms in total. The van der Waals surface area contributed by atoms with E-state index in [9.17, 15) is 14.4 Å². The molecule has 1 N–H and O–H groups in total. The van der Waals surface area contributed by atoms with Gasteiger partial charge in [0.25, 0.3) is 5.91 Å². The van der Waals surface area contributed by atoms with E-state index < -0.39 is 24.4 Å². The molecule has 0 spiro atoms. The number of carbonyl (C=O) groups excluding carboxylic acids is 3. The maximum Gasteiger partial charge on any atom is 0.311 e. The Morgan fingerprint density at radius 2 is 2.07 bits per heavy atom. The highest BCUT2D eigenvalue weighted by atomic mass is 35.5. The van der Waals surface area contributed by atoms with Gasteiger partial charge in [0.15, 0.2) is 11.8 Å². The number of nitrogens with one attached hydrogen (secondary N) is 1. The predicted molar refractivity (Wildman–Crippen MR) is 105 cm³/mol. The third-order valence-electron chi connectivity index (χ3n) is 4.50. The summed E-state index contributed by atoms with van der Waals surface area (Å²) >= 11 is 5.87. The van der Waals surface area contributed by atoms with Crippen LogP contribution in [-0.2, 0) is 25.5 Å². The van der Waals surface area contributed by atoms with Crippen LogP contribution in [0.25, 0.3) is 0 Å². The molecule has 2 heterocycles. The first-order valence-electron chi connectivity index (χ1n) is 8.95. The van der Waals surface area contributed by atoms with Gasteiger partial charge in [-0.05, 0) is 30.2 Å². The quantitative estimate of drug-likeness (QED) is 0.594. The highest BCUT2D eigenvalue weighted by Crippen LogP contribution is 2.29. The lowest BCUT2D eigenvalue weighted by Gasteiger charge is -2.19. The summed E-state index contributed by atoms with van der Waals surface area (Å²) in [5.41, 5.74) is 2.19. The van der Waals surface area contributed by atoms with Crippen LogP contribution >= 0.6 is 11.6 Å². The molecule has 1 saturated heterocycles. The molecule has 1 fully saturated rings. The maximum absolute atomic E-state index is 12.4. The minimum atomic E-state index is -0.604. The summed E-state index contributed by atoms with van der Waals surface area (Å²) < 4.78 is 5.10. The summed E-state index contributed by atoms with van der Waals surface area (Å²) in [6, 6.07) is 10.8. The van der Waals surface area contributed by atoms with Gasteiger partial charge in [0.1, 0.15) is 0 Å². The Morgan fingerprint density at radius 3 is 2.82 bits per heavy atom. The van der Waals surface area contributed by atoms with Crippen LogP contribution in [0.2, 0.25) is 5.15 Å². The minimum Gasteiger partial charge on any atom is -0.455 e. The van der Waals surface area contributed by atoms with Crippen LogP contribution in [0.15, 0.2) is 42.6 Å². The number of anilines is 2. The largest absolute Gasteiger partial charge is 0.455 e. The number of nitrogens with zero attached hydrogens (tertiary/aromatic N) is 2. The van der Waals surface area contributed by atoms with Gasteiger partial charge in [-0.25, -0.2) is 4.98 Å². The smallest absolute Gasteiger partial charge is 0.311 e. The van der Waals surface area contributed by atoms with Crippen LogP contribution < -0.4 is 10.2 Å². The predicted octanol–water partition coefficient (Wildman–Crippen LogP) is 2.83. The Bertz CT molecular complexity index is 903. The van der Waals surface area contributed by atoms with Crippen molar-refractivity contribution in [3.63, 3.8) is 0 Å². The zero-order valence-corrected chi connectivity index (χ0v) is 16.1. The lowest BCUT2D eigenvalue weighted by molar-refractivity contribution is -0.151. The fourth-order valence-electron chi connectivity index (χ4n) is 3.09. The maximum atomic E-state index is 12.4. The molecule has 0 aliphatic carbocycles. The second-order valence-corrected chi connectivity index (χ2v) is 6.74. The summed E-state index contributed by atoms with van der Waals surface area (Å²) in [4.78, 5) is 42.1. The summed E-state index contributed by atoms with van der Waals surface area (Å²) in [7, 11) is 0. The number of para-hydroxylation sites is 1. The molecule has 2 aromatic rings. The molecule has 0 radical (unpaired) electrons. The summed E-state index contributed by atoms with van der Waals surface area (Å²) in [5.74, 6) is -1.83. The third-order valence-corrected chi connectivity index (χ3v) is 4.80. The van der Waals surface area contributed by atoms with Crippen molar-refractivity contribution in [1.29, 1.82) is 0 Å². The van der Waals surface area contributed by atoms with E-state index in [1.54, 1.807) is 17.0 Å². The van der Waals surface area contributed by atoms with Gasteiger partial charge in [0, 0.05) is 24.8 Å². The van der Waals surface area contributed by atoms with Crippen LogP contribution in [0.4, 0.5) is 11.4 Å². The lowest BCUT2D eigenvalue weighted by atomic mass is 10.1. The van der Waals surface area contributed by atoms with Crippen molar-refractivity contribution in [2.24, 2.45) is 5.92 Å². The first kappa shape index (κ1) is 19.8. The number of amides is 2. The van der Waals surface area contributed by atoms with Gasteiger partial charge in [-0.15, -0.1) is 0 Å². The van der Waals surface area contributed by atoms with Crippen molar-refractivity contribution in [3.05, 3.63) is 53.3 Å². The number of hydrogen-bond donors (Lipinski definition) is 1. The fraction of sp³-hybridized carbons (Fsp3) is 0.300. The van der Waals surface area contributed by atoms with E-state index in [0.29, 0.717) is 5.69 Å². The van der Waals surface area contributed by atoms with E-state index in [1.807, 2.05) is 31.2 Å². The van der Waals surface area contributed by atoms with Gasteiger partial charge in [-0.2, -0.15) is 0 Å². The van der Waals surface area contributed by atoms with Crippen LogP contribution in [0.3, 0.4) is 0 Å². The molecule has 146 valence electrons. The fourth-order valence-corrected chi connectivity index (χ4v) is 3.26. The Morgan fingerprint density at radius 1 is 1.29 bits per heavy atom. The van der Waals surface area contributed by atoms with Crippen molar-refractivity contribution in [2.45, 2.75) is 19.8 Å². The number of benzene rings is 1. The molecule has 28 heavy (non-hydrogen) atoms. The topological polar surface area (TPSA) is 88.6 Å². The van der Waals surface area contributed by atoms with Crippen LogP contribution in [0, 0.1) is 5.92 Å². The molecule has 8 heteroatoms. The lowest BCUT2D eigenvalue weighted by Crippen LogP contribution is -2.28. The summed E-state index contributed by atoms with van der Waals surface area (Å²) in [6.45, 7) is 1.79. The molecule has 3 rings (SSSR count). The second-order valence-electron chi connectivity index (χ2n) is 6.39. The van der Waals surface area contributed by atoms with Crippen molar-refractivity contribution < 1.29 is 19.1 Å². The number of rotatable bonds is 6. The Labute approximate surface area is 167 Å². The first-order chi connectivity index (χ1) is 13.5. The SMILES string of the molecule is CCc1ccccc1N1C[C@@H](C(=O)OCC(=O)Nc2cccnc2Cl)CC1=O. The van der Waals surface area contributed by atoms with Crippen LogP contribution in [0.5, 0.6) is 0 Å². The van der Waals surface area contributed by atoms with E-state index in [4.69, 9.17) is 16.3 Å². The minimum absolute atomic E-state index is 0.0624. The van der Waals surface area contributed by atoms with Gasteiger partial charge in [0.2, 0.25) is 5.91 Å². The monoisotopic (exact) mass is 401 g/mol. The van der Waals surface area contributed by atoms with Crippen molar-refractivity contribution in [3.8, 4) is 0 Å². The molecule has 1 aliphatic rings. The number of carbonyl (C=O) groups is 3. The normalized spacial score (nSPS) is 16.1. The summed E-state index contributed by atoms with van der Waals surface area (Å²) in [5, 5.41) is 2.67. The average Bonchev–Trinajstić information content (AvgIpc) is 3.09. The van der Waals surface area contributed by atoms with E-state index in [0.717, 1.165) is 17.7 Å². The summed E-state index contributed by atoms with van der Waals surface area (Å²) in [6.07, 6.45) is 2.34. The average molecular weight is 402 g/mol. The molecular formula is C20H20ClN3O4. The van der Waals surface area contributed by atoms with Gasteiger partial charge in [-0.3, -0.25) is 14.4 Å². The number of ether oxygens (including phenoxy) is 1. The van der Waals surface area contributed by atoms with E-state index in [1.165, 1.54) is 6.20 Å². The van der Waals surface area contributed by atoms with Crippen LogP contribution in [-0.4, -0.2) is 35.9 Å². The number of aromatic nitrogens is 1. The zero-order valence-electron chi connectivity index (χ0n) is 15.4. The zero-order chi connectivity index (χ0) is 20.1. The number of halogens is 1. The van der Waals surface area contributed by atoms with Gasteiger partial charge in [-0.1, -0.05) is 36.7 Å². The molecule has 0 unspecified atom stereocenters. The van der Waals surface area contributed by atoms with Gasteiger partial charge in [0.05, 0.1) is 11.6 Å². The van der Waals surface area contributed by atoms with Crippen LogP contribution in [0.1, 0.15) is 18.9 Å².